The zero-order valence-electron chi connectivity index (χ0n) is 14.0. The summed E-state index contributed by atoms with van der Waals surface area (Å²) < 4.78 is 9.70. The molecule has 0 aliphatic carbocycles. The Morgan fingerprint density at radius 3 is 1.58 bits per heavy atom. The zero-order valence-corrected chi connectivity index (χ0v) is 14.0. The molecule has 0 amide bonds. The predicted molar refractivity (Wildman–Crippen MR) is 94.9 cm³/mol. The van der Waals surface area contributed by atoms with Crippen LogP contribution in [0.2, 0.25) is 0 Å². The van der Waals surface area contributed by atoms with Crippen molar-refractivity contribution in [2.24, 2.45) is 0 Å². The lowest BCUT2D eigenvalue weighted by molar-refractivity contribution is 0.0479. The van der Waals surface area contributed by atoms with E-state index in [2.05, 4.69) is 6.58 Å². The van der Waals surface area contributed by atoms with Gasteiger partial charge in [-0.1, -0.05) is 55.1 Å². The summed E-state index contributed by atoms with van der Waals surface area (Å²) in [5.41, 5.74) is 1.65. The highest BCUT2D eigenvalue weighted by atomic mass is 16.5. The fourth-order valence-electron chi connectivity index (χ4n) is 1.85. The van der Waals surface area contributed by atoms with Gasteiger partial charge in [0.25, 0.3) is 0 Å². The van der Waals surface area contributed by atoms with Crippen LogP contribution < -0.4 is 0 Å². The number of rotatable bonds is 5. The first-order valence-corrected chi connectivity index (χ1v) is 7.74. The van der Waals surface area contributed by atoms with Crippen LogP contribution in [-0.4, -0.2) is 25.2 Å². The Kier molecular flexibility index (Phi) is 8.61. The molecule has 0 atom stereocenters. The third-order valence-electron chi connectivity index (χ3n) is 2.95. The smallest absolute Gasteiger partial charge is 0.338 e. The number of hydrogen-bond acceptors (Lipinski definition) is 4. The molecule has 0 aliphatic rings. The molecule has 0 aromatic heterocycles. The molecule has 0 unspecified atom stereocenters. The first kappa shape index (κ1) is 19.2. The van der Waals surface area contributed by atoms with Crippen LogP contribution in [0.15, 0.2) is 61.2 Å². The minimum absolute atomic E-state index is 0.239. The highest BCUT2D eigenvalue weighted by molar-refractivity contribution is 6.03. The van der Waals surface area contributed by atoms with E-state index in [4.69, 9.17) is 9.47 Å². The molecule has 24 heavy (non-hydrogen) atoms. The van der Waals surface area contributed by atoms with Gasteiger partial charge in [0.2, 0.25) is 0 Å². The summed E-state index contributed by atoms with van der Waals surface area (Å²) in [6, 6.07) is 16.5. The molecule has 0 fully saturated rings. The largest absolute Gasteiger partial charge is 0.462 e. The summed E-state index contributed by atoms with van der Waals surface area (Å²) in [4.78, 5) is 23.1. The summed E-state index contributed by atoms with van der Waals surface area (Å²) >= 11 is 0. The van der Waals surface area contributed by atoms with Crippen molar-refractivity contribution in [3.63, 3.8) is 0 Å². The van der Waals surface area contributed by atoms with E-state index >= 15 is 0 Å². The van der Waals surface area contributed by atoms with Crippen LogP contribution in [0, 0.1) is 0 Å². The van der Waals surface area contributed by atoms with Crippen molar-refractivity contribution in [2.45, 2.75) is 13.8 Å². The molecule has 2 aromatic rings. The SMILES string of the molecule is C=Cc1ccccc1.CCOC(=O)c1ccccc1C(=O)OCC. The van der Waals surface area contributed by atoms with Gasteiger partial charge >= 0.3 is 11.9 Å². The van der Waals surface area contributed by atoms with E-state index in [0.29, 0.717) is 0 Å². The molecule has 0 heterocycles. The molecule has 126 valence electrons. The number of ether oxygens (including phenoxy) is 2. The van der Waals surface area contributed by atoms with Crippen molar-refractivity contribution in [1.82, 2.24) is 0 Å². The third-order valence-corrected chi connectivity index (χ3v) is 2.95. The van der Waals surface area contributed by atoms with Gasteiger partial charge in [-0.15, -0.1) is 0 Å². The summed E-state index contributed by atoms with van der Waals surface area (Å²) in [6.07, 6.45) is 1.83. The number of carbonyl (C=O) groups is 2. The van der Waals surface area contributed by atoms with Crippen LogP contribution in [-0.2, 0) is 9.47 Å². The first-order chi connectivity index (χ1) is 11.6. The Hall–Kier alpha value is -2.88. The van der Waals surface area contributed by atoms with Gasteiger partial charge in [-0.3, -0.25) is 0 Å². The minimum atomic E-state index is -0.508. The number of carbonyl (C=O) groups excluding carboxylic acids is 2. The molecule has 0 N–H and O–H groups in total. The molecule has 0 aliphatic heterocycles. The van der Waals surface area contributed by atoms with E-state index in [1.807, 2.05) is 36.4 Å². The molecule has 4 heteroatoms. The Bertz CT molecular complexity index is 625. The van der Waals surface area contributed by atoms with E-state index in [0.717, 1.165) is 0 Å². The molecule has 4 nitrogen and oxygen atoms in total. The number of hydrogen-bond donors (Lipinski definition) is 0. The van der Waals surface area contributed by atoms with E-state index in [-0.39, 0.29) is 24.3 Å². The second-order valence-electron chi connectivity index (χ2n) is 4.60. The highest BCUT2D eigenvalue weighted by Gasteiger charge is 2.17. The lowest BCUT2D eigenvalue weighted by Gasteiger charge is -2.07. The first-order valence-electron chi connectivity index (χ1n) is 7.74. The van der Waals surface area contributed by atoms with Gasteiger partial charge in [0.15, 0.2) is 0 Å². The van der Waals surface area contributed by atoms with Crippen molar-refractivity contribution < 1.29 is 19.1 Å². The van der Waals surface area contributed by atoms with Gasteiger partial charge in [-0.05, 0) is 31.5 Å². The minimum Gasteiger partial charge on any atom is -0.462 e. The van der Waals surface area contributed by atoms with Crippen LogP contribution in [0.3, 0.4) is 0 Å². The van der Waals surface area contributed by atoms with Crippen LogP contribution in [0.5, 0.6) is 0 Å². The monoisotopic (exact) mass is 326 g/mol. The Balaban J connectivity index is 0.000000300. The Morgan fingerprint density at radius 1 is 0.833 bits per heavy atom. The van der Waals surface area contributed by atoms with E-state index in [1.54, 1.807) is 38.1 Å². The fourth-order valence-corrected chi connectivity index (χ4v) is 1.85. The van der Waals surface area contributed by atoms with Gasteiger partial charge < -0.3 is 9.47 Å². The van der Waals surface area contributed by atoms with Gasteiger partial charge in [-0.2, -0.15) is 0 Å². The lowest BCUT2D eigenvalue weighted by atomic mass is 10.1. The van der Waals surface area contributed by atoms with Gasteiger partial charge in [0.05, 0.1) is 24.3 Å². The van der Waals surface area contributed by atoms with Crippen molar-refractivity contribution in [3.05, 3.63) is 77.9 Å². The molecule has 2 aromatic carbocycles. The maximum Gasteiger partial charge on any atom is 0.338 e. The summed E-state index contributed by atoms with van der Waals surface area (Å²) in [5.74, 6) is -1.02. The molecular weight excluding hydrogens is 304 g/mol. The summed E-state index contributed by atoms with van der Waals surface area (Å²) in [7, 11) is 0. The third kappa shape index (κ3) is 6.08. The average Bonchev–Trinajstić information content (AvgIpc) is 2.63. The fraction of sp³-hybridized carbons (Fsp3) is 0.200. The number of benzene rings is 2. The van der Waals surface area contributed by atoms with E-state index in [9.17, 15) is 9.59 Å². The van der Waals surface area contributed by atoms with Crippen molar-refractivity contribution in [3.8, 4) is 0 Å². The van der Waals surface area contributed by atoms with Crippen LogP contribution >= 0.6 is 0 Å². The van der Waals surface area contributed by atoms with Gasteiger partial charge in [-0.25, -0.2) is 9.59 Å². The molecule has 0 saturated heterocycles. The lowest BCUT2D eigenvalue weighted by Crippen LogP contribution is -2.13. The second-order valence-corrected chi connectivity index (χ2v) is 4.60. The maximum atomic E-state index is 11.5. The second kappa shape index (κ2) is 10.8. The Morgan fingerprint density at radius 2 is 1.25 bits per heavy atom. The normalized spacial score (nSPS) is 9.25. The topological polar surface area (TPSA) is 52.6 Å². The molecule has 2 rings (SSSR count). The Labute approximate surface area is 142 Å². The van der Waals surface area contributed by atoms with Gasteiger partial charge in [0.1, 0.15) is 0 Å². The van der Waals surface area contributed by atoms with Crippen molar-refractivity contribution in [2.75, 3.05) is 13.2 Å². The van der Waals surface area contributed by atoms with Crippen LogP contribution in [0.1, 0.15) is 40.1 Å². The van der Waals surface area contributed by atoms with Gasteiger partial charge in [0, 0.05) is 0 Å². The molecule has 0 saturated carbocycles. The van der Waals surface area contributed by atoms with Crippen LogP contribution in [0.25, 0.3) is 6.08 Å². The zero-order chi connectivity index (χ0) is 17.8. The van der Waals surface area contributed by atoms with E-state index < -0.39 is 11.9 Å². The molecule has 0 radical (unpaired) electrons. The number of esters is 2. The quantitative estimate of drug-likeness (QED) is 0.766. The molecular formula is C20H22O4. The summed E-state index contributed by atoms with van der Waals surface area (Å²) in [5, 5.41) is 0. The standard InChI is InChI=1S/C12H14O4.C8H8/c1-3-15-11(13)9-7-5-6-8-10(9)12(14)16-4-2;1-2-8-6-4-3-5-7-8/h5-8H,3-4H2,1-2H3;2-7H,1H2. The average molecular weight is 326 g/mol. The molecule has 0 spiro atoms. The summed E-state index contributed by atoms with van der Waals surface area (Å²) in [6.45, 7) is 7.60. The van der Waals surface area contributed by atoms with Crippen molar-refractivity contribution >= 4 is 18.0 Å². The predicted octanol–water partition coefficient (Wildman–Crippen LogP) is 4.37. The van der Waals surface area contributed by atoms with E-state index in [1.165, 1.54) is 5.56 Å². The maximum absolute atomic E-state index is 11.5. The molecule has 0 bridgehead atoms. The highest BCUT2D eigenvalue weighted by Crippen LogP contribution is 2.11. The van der Waals surface area contributed by atoms with Crippen molar-refractivity contribution in [1.29, 1.82) is 0 Å². The van der Waals surface area contributed by atoms with Crippen LogP contribution in [0.4, 0.5) is 0 Å².